The molecule has 1 amide bonds. The molecule has 1 atom stereocenters. The fraction of sp³-hybridized carbons (Fsp3) is 0.533. The van der Waals surface area contributed by atoms with Gasteiger partial charge in [-0.3, -0.25) is 4.79 Å². The minimum Gasteiger partial charge on any atom is -0.383 e. The first kappa shape index (κ1) is 14.0. The fourth-order valence-corrected chi connectivity index (χ4v) is 2.47. The molecule has 1 aliphatic rings. The van der Waals surface area contributed by atoms with Crippen LogP contribution in [0.5, 0.6) is 0 Å². The van der Waals surface area contributed by atoms with Gasteiger partial charge in [-0.25, -0.2) is 0 Å². The summed E-state index contributed by atoms with van der Waals surface area (Å²) in [5.74, 6) is 0.664. The van der Waals surface area contributed by atoms with Crippen molar-refractivity contribution >= 4 is 11.6 Å². The Morgan fingerprint density at radius 2 is 2.26 bits per heavy atom. The minimum atomic E-state index is 0.135. The van der Waals surface area contributed by atoms with E-state index in [4.69, 9.17) is 4.74 Å². The number of anilines is 1. The van der Waals surface area contributed by atoms with Gasteiger partial charge in [0.2, 0.25) is 5.91 Å². The van der Waals surface area contributed by atoms with Crippen molar-refractivity contribution in [2.45, 2.75) is 19.3 Å². The Labute approximate surface area is 114 Å². The van der Waals surface area contributed by atoms with Gasteiger partial charge >= 0.3 is 0 Å². The van der Waals surface area contributed by atoms with Crippen molar-refractivity contribution in [3.63, 3.8) is 0 Å². The van der Waals surface area contributed by atoms with Gasteiger partial charge in [0.25, 0.3) is 0 Å². The number of ether oxygens (including phenoxy) is 1. The highest BCUT2D eigenvalue weighted by atomic mass is 16.5. The molecule has 0 saturated heterocycles. The number of hydrogen-bond acceptors (Lipinski definition) is 3. The number of fused-ring (bicyclic) bond motifs is 1. The molecule has 1 aliphatic heterocycles. The first-order valence-electron chi connectivity index (χ1n) is 6.83. The quantitative estimate of drug-likeness (QED) is 0.822. The number of rotatable bonds is 5. The summed E-state index contributed by atoms with van der Waals surface area (Å²) in [6.45, 7) is 4.72. The van der Waals surface area contributed by atoms with Gasteiger partial charge in [-0.15, -0.1) is 0 Å². The van der Waals surface area contributed by atoms with Crippen molar-refractivity contribution in [2.24, 2.45) is 0 Å². The Bertz CT molecular complexity index is 434. The predicted octanol–water partition coefficient (Wildman–Crippen LogP) is 1.76. The molecule has 1 unspecified atom stereocenters. The zero-order chi connectivity index (χ0) is 13.7. The van der Waals surface area contributed by atoms with Gasteiger partial charge in [0.15, 0.2) is 0 Å². The molecule has 0 fully saturated rings. The topological polar surface area (TPSA) is 41.6 Å². The monoisotopic (exact) mass is 262 g/mol. The standard InChI is InChI=1S/C15H22N2O2/c1-12-7-9-17(14-6-4-3-5-13(12)14)15(18)11-16-8-10-19-2/h3-6,12,16H,7-11H2,1-2H3. The van der Waals surface area contributed by atoms with Crippen LogP contribution >= 0.6 is 0 Å². The van der Waals surface area contributed by atoms with Crippen LogP contribution in [0.15, 0.2) is 24.3 Å². The largest absolute Gasteiger partial charge is 0.383 e. The summed E-state index contributed by atoms with van der Waals surface area (Å²) in [5, 5.41) is 3.11. The van der Waals surface area contributed by atoms with E-state index >= 15 is 0 Å². The molecule has 104 valence electrons. The van der Waals surface area contributed by atoms with E-state index in [1.165, 1.54) is 5.56 Å². The van der Waals surface area contributed by atoms with E-state index in [1.54, 1.807) is 7.11 Å². The summed E-state index contributed by atoms with van der Waals surface area (Å²) in [6.07, 6.45) is 1.03. The Morgan fingerprint density at radius 1 is 1.47 bits per heavy atom. The minimum absolute atomic E-state index is 0.135. The third kappa shape index (κ3) is 3.33. The lowest BCUT2D eigenvalue weighted by molar-refractivity contribution is -0.117. The van der Waals surface area contributed by atoms with Gasteiger partial charge in [0.1, 0.15) is 0 Å². The van der Waals surface area contributed by atoms with Crippen LogP contribution in [0.1, 0.15) is 24.8 Å². The summed E-state index contributed by atoms with van der Waals surface area (Å²) < 4.78 is 4.95. The van der Waals surface area contributed by atoms with Gasteiger partial charge in [0, 0.05) is 25.9 Å². The molecule has 1 N–H and O–H groups in total. The van der Waals surface area contributed by atoms with Crippen LogP contribution in [0, 0.1) is 0 Å². The van der Waals surface area contributed by atoms with Crippen molar-refractivity contribution in [3.05, 3.63) is 29.8 Å². The van der Waals surface area contributed by atoms with Crippen molar-refractivity contribution in [3.8, 4) is 0 Å². The maximum absolute atomic E-state index is 12.3. The third-order valence-corrected chi connectivity index (χ3v) is 3.60. The molecule has 19 heavy (non-hydrogen) atoms. The Hall–Kier alpha value is -1.39. The number of benzene rings is 1. The Balaban J connectivity index is 2.01. The summed E-state index contributed by atoms with van der Waals surface area (Å²) in [6, 6.07) is 8.20. The fourth-order valence-electron chi connectivity index (χ4n) is 2.47. The van der Waals surface area contributed by atoms with E-state index in [9.17, 15) is 4.79 Å². The van der Waals surface area contributed by atoms with Crippen molar-refractivity contribution < 1.29 is 9.53 Å². The molecular formula is C15H22N2O2. The molecule has 1 heterocycles. The van der Waals surface area contributed by atoms with Crippen molar-refractivity contribution in [2.75, 3.05) is 38.3 Å². The van der Waals surface area contributed by atoms with Gasteiger partial charge in [0.05, 0.1) is 13.2 Å². The van der Waals surface area contributed by atoms with Crippen LogP contribution in [0.25, 0.3) is 0 Å². The molecular weight excluding hydrogens is 240 g/mol. The lowest BCUT2D eigenvalue weighted by atomic mass is 9.91. The van der Waals surface area contributed by atoms with E-state index < -0.39 is 0 Å². The Morgan fingerprint density at radius 3 is 3.05 bits per heavy atom. The number of para-hydroxylation sites is 1. The van der Waals surface area contributed by atoms with Crippen molar-refractivity contribution in [1.82, 2.24) is 5.32 Å². The molecule has 0 aliphatic carbocycles. The smallest absolute Gasteiger partial charge is 0.240 e. The maximum Gasteiger partial charge on any atom is 0.240 e. The normalized spacial score (nSPS) is 18.2. The van der Waals surface area contributed by atoms with Gasteiger partial charge in [-0.1, -0.05) is 25.1 Å². The summed E-state index contributed by atoms with van der Waals surface area (Å²) in [4.78, 5) is 14.2. The predicted molar refractivity (Wildman–Crippen MR) is 76.6 cm³/mol. The second-order valence-electron chi connectivity index (χ2n) is 4.96. The van der Waals surface area contributed by atoms with E-state index in [-0.39, 0.29) is 5.91 Å². The zero-order valence-corrected chi connectivity index (χ0v) is 11.7. The molecule has 4 heteroatoms. The number of nitrogens with one attached hydrogen (secondary N) is 1. The molecule has 0 spiro atoms. The molecule has 0 radical (unpaired) electrons. The first-order chi connectivity index (χ1) is 9.24. The summed E-state index contributed by atoms with van der Waals surface area (Å²) >= 11 is 0. The van der Waals surface area contributed by atoms with E-state index in [0.717, 1.165) is 18.7 Å². The van der Waals surface area contributed by atoms with E-state index in [0.29, 0.717) is 25.6 Å². The molecule has 0 aromatic heterocycles. The molecule has 2 rings (SSSR count). The summed E-state index contributed by atoms with van der Waals surface area (Å²) in [7, 11) is 1.66. The lowest BCUT2D eigenvalue weighted by Gasteiger charge is -2.33. The number of amides is 1. The van der Waals surface area contributed by atoms with E-state index in [1.807, 2.05) is 23.1 Å². The van der Waals surface area contributed by atoms with Crippen LogP contribution in [0.4, 0.5) is 5.69 Å². The van der Waals surface area contributed by atoms with Crippen LogP contribution in [0.2, 0.25) is 0 Å². The number of carbonyl (C=O) groups excluding carboxylic acids is 1. The average Bonchev–Trinajstić information content (AvgIpc) is 2.44. The van der Waals surface area contributed by atoms with Crippen LogP contribution < -0.4 is 10.2 Å². The summed E-state index contributed by atoms with van der Waals surface area (Å²) in [5.41, 5.74) is 2.35. The number of methoxy groups -OCH3 is 1. The maximum atomic E-state index is 12.3. The van der Waals surface area contributed by atoms with Gasteiger partial charge in [-0.2, -0.15) is 0 Å². The third-order valence-electron chi connectivity index (χ3n) is 3.60. The highest BCUT2D eigenvalue weighted by Gasteiger charge is 2.25. The Kier molecular flexibility index (Phi) is 4.93. The number of nitrogens with zero attached hydrogens (tertiary/aromatic N) is 1. The van der Waals surface area contributed by atoms with E-state index in [2.05, 4.69) is 18.3 Å². The van der Waals surface area contributed by atoms with Gasteiger partial charge in [-0.05, 0) is 24.0 Å². The second-order valence-corrected chi connectivity index (χ2v) is 4.96. The zero-order valence-electron chi connectivity index (χ0n) is 11.7. The average molecular weight is 262 g/mol. The molecule has 1 aromatic rings. The van der Waals surface area contributed by atoms with Crippen LogP contribution in [-0.4, -0.2) is 39.3 Å². The second kappa shape index (κ2) is 6.68. The molecule has 0 saturated carbocycles. The first-order valence-corrected chi connectivity index (χ1v) is 6.83. The SMILES string of the molecule is COCCNCC(=O)N1CCC(C)c2ccccc21. The highest BCUT2D eigenvalue weighted by molar-refractivity contribution is 5.96. The van der Waals surface area contributed by atoms with Crippen LogP contribution in [0.3, 0.4) is 0 Å². The highest BCUT2D eigenvalue weighted by Crippen LogP contribution is 2.34. The van der Waals surface area contributed by atoms with Crippen LogP contribution in [-0.2, 0) is 9.53 Å². The van der Waals surface area contributed by atoms with Gasteiger partial charge < -0.3 is 15.0 Å². The molecule has 1 aromatic carbocycles. The lowest BCUT2D eigenvalue weighted by Crippen LogP contribution is -2.42. The molecule has 4 nitrogen and oxygen atoms in total. The van der Waals surface area contributed by atoms with Crippen molar-refractivity contribution in [1.29, 1.82) is 0 Å². The number of carbonyl (C=O) groups is 1. The molecule has 0 bridgehead atoms. The number of hydrogen-bond donors (Lipinski definition) is 1.